The van der Waals surface area contributed by atoms with Crippen molar-refractivity contribution in [3.05, 3.63) is 11.6 Å². The van der Waals surface area contributed by atoms with Crippen molar-refractivity contribution in [3.8, 4) is 0 Å². The molecule has 11 nitrogen and oxygen atoms in total. The summed E-state index contributed by atoms with van der Waals surface area (Å²) in [6.07, 6.45) is 1.51. The van der Waals surface area contributed by atoms with E-state index in [1.54, 1.807) is 0 Å². The van der Waals surface area contributed by atoms with Gasteiger partial charge in [-0.15, -0.1) is 0 Å². The molecular weight excluding hydrogens is 455 g/mol. The van der Waals surface area contributed by atoms with E-state index in [-0.39, 0.29) is 47.7 Å². The minimum atomic E-state index is -5.13. The van der Waals surface area contributed by atoms with Crippen LogP contribution in [0.5, 0.6) is 0 Å². The smallest absolute Gasteiger partial charge is 0.346 e. The average molecular weight is 490 g/mol. The molecule has 1 radical (unpaired) electrons. The number of quaternary nitrogens is 1. The number of nitrogens with zero attached hydrogens (tertiary/aromatic N) is 2. The first-order chi connectivity index (χ1) is 13.4. The van der Waals surface area contributed by atoms with Crippen molar-refractivity contribution >= 4 is 60.2 Å². The molecule has 2 heterocycles. The summed E-state index contributed by atoms with van der Waals surface area (Å²) in [4.78, 5) is 26.8. The number of amides is 3. The molecule has 2 aliphatic heterocycles. The van der Waals surface area contributed by atoms with Crippen LogP contribution in [0.3, 0.4) is 0 Å². The Balaban J connectivity index is 0.00000165. The van der Waals surface area contributed by atoms with E-state index < -0.39 is 42.7 Å². The minimum Gasteiger partial charge on any atom is -0.724 e. The molecule has 2 bridgehead atoms. The van der Waals surface area contributed by atoms with Crippen LogP contribution in [0, 0.1) is 0 Å². The van der Waals surface area contributed by atoms with Gasteiger partial charge in [0.25, 0.3) is 0 Å². The van der Waals surface area contributed by atoms with E-state index >= 15 is 0 Å². The van der Waals surface area contributed by atoms with Crippen molar-refractivity contribution in [1.82, 2.24) is 9.96 Å². The number of primary amides is 1. The molecule has 2 aliphatic rings. The van der Waals surface area contributed by atoms with Gasteiger partial charge in [-0.1, -0.05) is 26.8 Å². The van der Waals surface area contributed by atoms with Crippen molar-refractivity contribution in [2.75, 3.05) is 34.3 Å². The first kappa shape index (κ1) is 30.5. The molecule has 0 unspecified atom stereocenters. The largest absolute Gasteiger partial charge is 0.724 e. The fraction of sp³-hybridized carbons (Fsp3) is 0.765. The summed E-state index contributed by atoms with van der Waals surface area (Å²) in [6.45, 7) is 10.3. The first-order valence-electron chi connectivity index (χ1n) is 9.53. The Bertz CT molecular complexity index is 796. The van der Waals surface area contributed by atoms with E-state index in [0.717, 1.165) is 4.90 Å². The van der Waals surface area contributed by atoms with Crippen LogP contribution in [0.4, 0.5) is 4.79 Å². The van der Waals surface area contributed by atoms with Gasteiger partial charge in [-0.2, -0.15) is 9.35 Å². The third kappa shape index (κ3) is 8.40. The molecule has 0 aliphatic carbocycles. The van der Waals surface area contributed by atoms with Gasteiger partial charge in [0.2, 0.25) is 16.3 Å². The van der Waals surface area contributed by atoms with Crippen LogP contribution in [0.25, 0.3) is 0 Å². The minimum absolute atomic E-state index is 0. The van der Waals surface area contributed by atoms with Gasteiger partial charge in [-0.25, -0.2) is 13.2 Å². The van der Waals surface area contributed by atoms with E-state index in [4.69, 9.17) is 10.2 Å². The second-order valence-corrected chi connectivity index (χ2v) is 15.2. The number of nitrogens with one attached hydrogen (secondary N) is 1. The topological polar surface area (TPSA) is 147 Å². The molecule has 0 spiro atoms. The predicted octanol–water partition coefficient (Wildman–Crippen LogP) is -1.32. The Morgan fingerprint density at radius 2 is 1.81 bits per heavy atom. The van der Waals surface area contributed by atoms with Crippen LogP contribution in [0.2, 0.25) is 18.1 Å². The number of urea groups is 1. The van der Waals surface area contributed by atoms with Gasteiger partial charge in [0.1, 0.15) is 6.04 Å². The maximum atomic E-state index is 12.3. The Morgan fingerprint density at radius 3 is 2.19 bits per heavy atom. The van der Waals surface area contributed by atoms with Crippen LogP contribution in [-0.4, -0.2) is 119 Å². The van der Waals surface area contributed by atoms with Crippen molar-refractivity contribution in [2.45, 2.75) is 51.0 Å². The second kappa shape index (κ2) is 11.1. The summed E-state index contributed by atoms with van der Waals surface area (Å²) in [5.41, 5.74) is 5.89. The molecule has 1 fully saturated rings. The monoisotopic (exact) mass is 489 g/mol. The normalized spacial score (nSPS) is 21.4. The summed E-state index contributed by atoms with van der Waals surface area (Å²) in [5.74, 6) is -0.770. The zero-order chi connectivity index (χ0) is 23.7. The molecule has 3 N–H and O–H groups in total. The van der Waals surface area contributed by atoms with Crippen LogP contribution >= 0.6 is 0 Å². The molecule has 2 rings (SSSR count). The molecule has 0 aromatic heterocycles. The van der Waals surface area contributed by atoms with E-state index in [0.29, 0.717) is 10.6 Å². The maximum absolute atomic E-state index is 12.3. The SMILES string of the molecule is CC(C)(C)[Si](C)(C)OCC1=C[C@@H]2CN(C(=O)N2OS(=O)(=O)[O-])[C@@H]1C(N)=O.C[NH+](C)C.[Na]. The number of rotatable bonds is 6. The standard InChI is InChI=1S/C14H25N3O7SSi.C3H9N.Na/c1-14(2,3)26(4,5)23-8-9-6-10-7-16(11(9)12(15)18)13(19)17(10)24-25(20,21)22;1-4(2)3;/h6,10-11H,7-8H2,1-5H3,(H2,15,18)(H,20,21,22);1-3H3;/t10-,11+;;/m1../s1. The molecule has 31 heavy (non-hydrogen) atoms. The predicted molar refractivity (Wildman–Crippen MR) is 117 cm³/mol. The third-order valence-corrected chi connectivity index (χ3v) is 9.86. The number of fused-ring (bicyclic) bond motifs is 2. The summed E-state index contributed by atoms with van der Waals surface area (Å²) >= 11 is 0. The quantitative estimate of drug-likeness (QED) is 0.204. The fourth-order valence-electron chi connectivity index (χ4n) is 2.63. The number of carbonyl (C=O) groups excluding carboxylic acids is 2. The Kier molecular flexibility index (Phi) is 10.9. The van der Waals surface area contributed by atoms with Crippen LogP contribution in [-0.2, 0) is 23.9 Å². The Hall–Kier alpha value is -0.513. The van der Waals surface area contributed by atoms with Crippen molar-refractivity contribution in [1.29, 1.82) is 0 Å². The van der Waals surface area contributed by atoms with Gasteiger partial charge in [-0.05, 0) is 23.7 Å². The van der Waals surface area contributed by atoms with E-state index in [1.807, 2.05) is 13.1 Å². The van der Waals surface area contributed by atoms with E-state index in [9.17, 15) is 22.6 Å². The van der Waals surface area contributed by atoms with E-state index in [2.05, 4.69) is 46.2 Å². The fourth-order valence-corrected chi connectivity index (χ4v) is 3.96. The van der Waals surface area contributed by atoms with Crippen LogP contribution < -0.4 is 10.6 Å². The molecule has 2 atom stereocenters. The molecule has 0 saturated carbocycles. The molecule has 14 heteroatoms. The zero-order valence-electron chi connectivity index (χ0n) is 19.9. The van der Waals surface area contributed by atoms with Gasteiger partial charge in [-0.3, -0.25) is 4.79 Å². The van der Waals surface area contributed by atoms with Crippen LogP contribution in [0.1, 0.15) is 20.8 Å². The Morgan fingerprint density at radius 1 is 1.32 bits per heavy atom. The van der Waals surface area contributed by atoms with Crippen molar-refractivity contribution in [3.63, 3.8) is 0 Å². The second-order valence-electron chi connectivity index (χ2n) is 9.41. The molecule has 3 amide bonds. The third-order valence-electron chi connectivity index (χ3n) is 5.04. The maximum Gasteiger partial charge on any atom is 0.346 e. The van der Waals surface area contributed by atoms with Gasteiger partial charge in [0.15, 0.2) is 8.32 Å². The number of hydrogen-bond donors (Lipinski definition) is 2. The molecule has 175 valence electrons. The van der Waals surface area contributed by atoms with Crippen molar-refractivity contribution in [2.24, 2.45) is 5.73 Å². The van der Waals surface area contributed by atoms with Crippen molar-refractivity contribution < 1.29 is 36.2 Å². The summed E-state index contributed by atoms with van der Waals surface area (Å²) < 4.78 is 42.9. The van der Waals surface area contributed by atoms with Gasteiger partial charge in [0, 0.05) is 29.6 Å². The van der Waals surface area contributed by atoms with Gasteiger partial charge >= 0.3 is 6.03 Å². The van der Waals surface area contributed by atoms with Gasteiger partial charge < -0.3 is 24.5 Å². The zero-order valence-corrected chi connectivity index (χ0v) is 23.7. The first-order valence-corrected chi connectivity index (χ1v) is 13.8. The Labute approximate surface area is 208 Å². The number of carbonyl (C=O) groups is 2. The van der Waals surface area contributed by atoms with Crippen LogP contribution in [0.15, 0.2) is 11.6 Å². The molecule has 1 saturated heterocycles. The van der Waals surface area contributed by atoms with E-state index in [1.165, 1.54) is 11.0 Å². The summed E-state index contributed by atoms with van der Waals surface area (Å²) in [5, 5.41) is 0.392. The average Bonchev–Trinajstić information content (AvgIpc) is 2.74. The summed E-state index contributed by atoms with van der Waals surface area (Å²) in [7, 11) is -1.02. The van der Waals surface area contributed by atoms with Gasteiger partial charge in [0.05, 0.1) is 40.3 Å². The number of nitrogens with two attached hydrogens (primary N) is 1. The number of hydroxylamine groups is 2. The molecule has 0 aromatic rings. The molecule has 0 aromatic carbocycles. The molecular formula is C17H34N4NaO7SSi. The number of hydrogen-bond acceptors (Lipinski definition) is 7. The summed E-state index contributed by atoms with van der Waals surface area (Å²) in [6, 6.07) is -2.80.